The van der Waals surface area contributed by atoms with E-state index in [0.717, 1.165) is 42.4 Å². The van der Waals surface area contributed by atoms with Crippen LogP contribution in [0.5, 0.6) is 0 Å². The molecule has 0 radical (unpaired) electrons. The maximum absolute atomic E-state index is 12.6. The third-order valence-corrected chi connectivity index (χ3v) is 12.7. The Kier molecular flexibility index (Phi) is 16.2. The fourth-order valence-electron chi connectivity index (χ4n) is 8.94. The van der Waals surface area contributed by atoms with Crippen LogP contribution in [0.25, 0.3) is 0 Å². The fourth-order valence-corrected chi connectivity index (χ4v) is 8.94. The predicted molar refractivity (Wildman–Crippen MR) is 197 cm³/mol. The minimum absolute atomic E-state index is 0.0262. The molecule has 1 aromatic rings. The Hall–Kier alpha value is -2.18. The molecule has 0 aromatic heterocycles. The molecule has 0 bridgehead atoms. The Morgan fingerprint density at radius 3 is 1.90 bits per heavy atom. The van der Waals surface area contributed by atoms with Crippen LogP contribution in [0.2, 0.25) is 0 Å². The molecule has 0 aliphatic heterocycles. The van der Waals surface area contributed by atoms with Crippen LogP contribution in [0.15, 0.2) is 36.4 Å². The second kappa shape index (κ2) is 20.0. The molecule has 1 aromatic carbocycles. The number of unbranched alkanes of at least 4 members (excludes halogenated alkanes) is 2. The van der Waals surface area contributed by atoms with Crippen LogP contribution in [0.1, 0.15) is 147 Å². The van der Waals surface area contributed by atoms with Gasteiger partial charge in [0.2, 0.25) is 0 Å². The number of aliphatic hydroxyl groups is 2. The van der Waals surface area contributed by atoms with Crippen molar-refractivity contribution in [1.29, 1.82) is 0 Å². The second-order valence-corrected chi connectivity index (χ2v) is 16.7. The van der Waals surface area contributed by atoms with Crippen LogP contribution < -0.4 is 0 Å². The molecule has 3 fully saturated rings. The topological polar surface area (TPSA) is 93.1 Å². The van der Waals surface area contributed by atoms with Gasteiger partial charge in [0.15, 0.2) is 0 Å². The zero-order valence-corrected chi connectivity index (χ0v) is 31.1. The summed E-state index contributed by atoms with van der Waals surface area (Å²) in [7, 11) is 0. The van der Waals surface area contributed by atoms with E-state index in [0.29, 0.717) is 5.92 Å². The summed E-state index contributed by atoms with van der Waals surface area (Å²) in [5.41, 5.74) is 2.13. The molecular weight excluding hydrogens is 612 g/mol. The van der Waals surface area contributed by atoms with Gasteiger partial charge in [-0.3, -0.25) is 4.79 Å². The standard InChI is InChI=1S/C43H68O6/c1-5-6-7-8-32-11-17-35(18-12-32)36-19-13-33(14-20-36)9-10-34-15-21-37(22-16-34)38-23-25-39(26-24-38)40(28-48-41(46)31(2)27-44)29-49-42(47)43(3,4)30-45/h11-12,17-18,33-34,36-40,44-45H,2,5-10,13-16,19-30H2,1,3-4H3. The van der Waals surface area contributed by atoms with Crippen molar-refractivity contribution < 1.29 is 29.3 Å². The van der Waals surface area contributed by atoms with Crippen molar-refractivity contribution in [3.8, 4) is 0 Å². The van der Waals surface area contributed by atoms with Crippen LogP contribution in [0, 0.1) is 40.9 Å². The molecule has 0 spiro atoms. The molecule has 3 aliphatic carbocycles. The molecule has 49 heavy (non-hydrogen) atoms. The molecular formula is C43H68O6. The number of benzene rings is 1. The SMILES string of the molecule is C=C(CO)C(=O)OCC(COC(=O)C(C)(C)CO)C1CCC(C2CCC(CCC3CCC(c4ccc(CCCCC)cc4)CC3)CC2)CC1. The first-order valence-corrected chi connectivity index (χ1v) is 20.0. The number of hydrogen-bond donors (Lipinski definition) is 2. The highest BCUT2D eigenvalue weighted by Crippen LogP contribution is 2.45. The number of ether oxygens (including phenoxy) is 2. The summed E-state index contributed by atoms with van der Waals surface area (Å²) >= 11 is 0. The van der Waals surface area contributed by atoms with E-state index in [1.54, 1.807) is 19.4 Å². The third kappa shape index (κ3) is 12.2. The number of aryl methyl sites for hydroxylation is 1. The van der Waals surface area contributed by atoms with Crippen LogP contribution in [0.3, 0.4) is 0 Å². The van der Waals surface area contributed by atoms with E-state index in [1.165, 1.54) is 108 Å². The van der Waals surface area contributed by atoms with Crippen LogP contribution in [-0.2, 0) is 25.5 Å². The van der Waals surface area contributed by atoms with Crippen molar-refractivity contribution in [2.75, 3.05) is 26.4 Å². The first-order valence-electron chi connectivity index (χ1n) is 20.0. The maximum Gasteiger partial charge on any atom is 0.335 e. The highest BCUT2D eigenvalue weighted by molar-refractivity contribution is 5.87. The van der Waals surface area contributed by atoms with Gasteiger partial charge in [-0.2, -0.15) is 0 Å². The van der Waals surface area contributed by atoms with E-state index in [9.17, 15) is 19.8 Å². The minimum Gasteiger partial charge on any atom is -0.465 e. The smallest absolute Gasteiger partial charge is 0.335 e. The van der Waals surface area contributed by atoms with Crippen molar-refractivity contribution in [3.63, 3.8) is 0 Å². The Balaban J connectivity index is 1.15. The van der Waals surface area contributed by atoms with E-state index in [1.807, 2.05) is 0 Å². The molecule has 4 rings (SSSR count). The minimum atomic E-state index is -0.969. The fraction of sp³-hybridized carbons (Fsp3) is 0.767. The highest BCUT2D eigenvalue weighted by atomic mass is 16.5. The van der Waals surface area contributed by atoms with Gasteiger partial charge in [-0.1, -0.05) is 76.3 Å². The average Bonchev–Trinajstić information content (AvgIpc) is 3.14. The maximum atomic E-state index is 12.6. The van der Waals surface area contributed by atoms with Gasteiger partial charge in [-0.05, 0) is 138 Å². The number of rotatable bonds is 18. The Bertz CT molecular complexity index is 1130. The van der Waals surface area contributed by atoms with E-state index < -0.39 is 24.0 Å². The van der Waals surface area contributed by atoms with E-state index in [-0.39, 0.29) is 31.3 Å². The molecule has 3 saturated carbocycles. The van der Waals surface area contributed by atoms with Gasteiger partial charge < -0.3 is 19.7 Å². The molecule has 1 atom stereocenters. The summed E-state index contributed by atoms with van der Waals surface area (Å²) < 4.78 is 11.1. The summed E-state index contributed by atoms with van der Waals surface area (Å²) in [6.07, 6.45) is 23.4. The summed E-state index contributed by atoms with van der Waals surface area (Å²) in [5, 5.41) is 18.8. The van der Waals surface area contributed by atoms with Crippen LogP contribution in [0.4, 0.5) is 0 Å². The lowest BCUT2D eigenvalue weighted by molar-refractivity contribution is -0.159. The van der Waals surface area contributed by atoms with Crippen LogP contribution >= 0.6 is 0 Å². The van der Waals surface area contributed by atoms with E-state index >= 15 is 0 Å². The molecule has 6 nitrogen and oxygen atoms in total. The van der Waals surface area contributed by atoms with Gasteiger partial charge in [-0.25, -0.2) is 4.79 Å². The van der Waals surface area contributed by atoms with Crippen LogP contribution in [-0.4, -0.2) is 48.6 Å². The number of aliphatic hydroxyl groups excluding tert-OH is 2. The highest BCUT2D eigenvalue weighted by Gasteiger charge is 2.36. The van der Waals surface area contributed by atoms with Gasteiger partial charge in [0, 0.05) is 5.92 Å². The first kappa shape index (κ1) is 39.6. The van der Waals surface area contributed by atoms with Gasteiger partial charge in [0.25, 0.3) is 0 Å². The Labute approximate surface area is 297 Å². The van der Waals surface area contributed by atoms with Crippen molar-refractivity contribution in [1.82, 2.24) is 0 Å². The van der Waals surface area contributed by atoms with Gasteiger partial charge in [0.1, 0.15) is 0 Å². The van der Waals surface area contributed by atoms with Gasteiger partial charge in [-0.15, -0.1) is 0 Å². The number of hydrogen-bond acceptors (Lipinski definition) is 6. The second-order valence-electron chi connectivity index (χ2n) is 16.7. The average molecular weight is 681 g/mol. The van der Waals surface area contributed by atoms with Crippen molar-refractivity contribution >= 4 is 11.9 Å². The lowest BCUT2D eigenvalue weighted by atomic mass is 9.67. The van der Waals surface area contributed by atoms with E-state index in [4.69, 9.17) is 9.47 Å². The quantitative estimate of drug-likeness (QED) is 0.0912. The largest absolute Gasteiger partial charge is 0.465 e. The number of esters is 2. The zero-order chi connectivity index (χ0) is 35.2. The van der Waals surface area contributed by atoms with Gasteiger partial charge >= 0.3 is 11.9 Å². The molecule has 0 saturated heterocycles. The molecule has 2 N–H and O–H groups in total. The predicted octanol–water partition coefficient (Wildman–Crippen LogP) is 9.36. The first-order chi connectivity index (χ1) is 23.6. The summed E-state index contributed by atoms with van der Waals surface area (Å²) in [6.45, 7) is 8.74. The molecule has 0 heterocycles. The monoisotopic (exact) mass is 681 g/mol. The molecule has 276 valence electrons. The summed E-state index contributed by atoms with van der Waals surface area (Å²) in [6, 6.07) is 9.61. The van der Waals surface area contributed by atoms with Crippen molar-refractivity contribution in [2.24, 2.45) is 40.9 Å². The molecule has 0 amide bonds. The Morgan fingerprint density at radius 2 is 1.35 bits per heavy atom. The normalized spacial score (nSPS) is 26.9. The third-order valence-electron chi connectivity index (χ3n) is 12.7. The van der Waals surface area contributed by atoms with Crippen molar-refractivity contribution in [3.05, 3.63) is 47.5 Å². The van der Waals surface area contributed by atoms with Gasteiger partial charge in [0.05, 0.1) is 37.4 Å². The zero-order valence-electron chi connectivity index (χ0n) is 31.1. The summed E-state index contributed by atoms with van der Waals surface area (Å²) in [5.74, 6) is 3.30. The molecule has 6 heteroatoms. The van der Waals surface area contributed by atoms with E-state index in [2.05, 4.69) is 37.8 Å². The number of carbonyl (C=O) groups excluding carboxylic acids is 2. The Morgan fingerprint density at radius 1 is 0.796 bits per heavy atom. The molecule has 3 aliphatic rings. The lowest BCUT2D eigenvalue weighted by Gasteiger charge is -2.40. The molecule has 1 unspecified atom stereocenters. The summed E-state index contributed by atoms with van der Waals surface area (Å²) in [4.78, 5) is 24.8. The van der Waals surface area contributed by atoms with Crippen molar-refractivity contribution in [2.45, 2.75) is 142 Å². The lowest BCUT2D eigenvalue weighted by Crippen LogP contribution is -2.36. The number of carbonyl (C=O) groups is 2.